The normalized spacial score (nSPS) is 14.1. The van der Waals surface area contributed by atoms with Gasteiger partial charge in [0.25, 0.3) is 5.78 Å². The number of rotatable bonds is 4. The van der Waals surface area contributed by atoms with Gasteiger partial charge in [-0.1, -0.05) is 23.2 Å². The van der Waals surface area contributed by atoms with Crippen molar-refractivity contribution in [1.82, 2.24) is 4.90 Å². The van der Waals surface area contributed by atoms with E-state index in [-0.39, 0.29) is 0 Å². The van der Waals surface area contributed by atoms with Crippen molar-refractivity contribution < 1.29 is 9.59 Å². The second kappa shape index (κ2) is 5.83. The van der Waals surface area contributed by atoms with Crippen LogP contribution in [-0.2, 0) is 11.3 Å². The van der Waals surface area contributed by atoms with E-state index in [0.717, 1.165) is 14.8 Å². The molecule has 0 N–H and O–H groups in total. The summed E-state index contributed by atoms with van der Waals surface area (Å²) in [5.74, 6) is -0.886. The lowest BCUT2D eigenvalue weighted by atomic mass is 10.1. The van der Waals surface area contributed by atoms with E-state index in [9.17, 15) is 9.59 Å². The predicted octanol–water partition coefficient (Wildman–Crippen LogP) is 3.33. The van der Waals surface area contributed by atoms with E-state index in [1.54, 1.807) is 6.07 Å². The molecule has 22 heavy (non-hydrogen) atoms. The number of amides is 1. The molecule has 0 aliphatic carbocycles. The molecule has 2 aromatic rings. The van der Waals surface area contributed by atoms with Gasteiger partial charge in [0.05, 0.1) is 22.3 Å². The fraction of sp³-hybridized carbons (Fsp3) is 0.250. The molecule has 0 fully saturated rings. The van der Waals surface area contributed by atoms with E-state index >= 15 is 0 Å². The van der Waals surface area contributed by atoms with Crippen molar-refractivity contribution in [3.63, 3.8) is 0 Å². The van der Waals surface area contributed by atoms with Crippen LogP contribution in [0, 0.1) is 6.92 Å². The standard InChI is InChI=1S/C16H15ClN2O2S/c1-10-3-5-13-12(7-10)15(20)16(21)19(13)9-18(2)8-11-4-6-14(17)22-11/h3-7H,8-9H2,1-2H3. The summed E-state index contributed by atoms with van der Waals surface area (Å²) in [6.45, 7) is 2.96. The van der Waals surface area contributed by atoms with Crippen molar-refractivity contribution in [3.05, 3.63) is 50.7 Å². The molecule has 4 nitrogen and oxygen atoms in total. The summed E-state index contributed by atoms with van der Waals surface area (Å²) in [7, 11) is 1.91. The Hall–Kier alpha value is -1.69. The highest BCUT2D eigenvalue weighted by Crippen LogP contribution is 2.30. The largest absolute Gasteiger partial charge is 0.300 e. The fourth-order valence-electron chi connectivity index (χ4n) is 2.55. The topological polar surface area (TPSA) is 40.6 Å². The van der Waals surface area contributed by atoms with E-state index < -0.39 is 11.7 Å². The molecule has 1 aliphatic rings. The summed E-state index contributed by atoms with van der Waals surface area (Å²) in [6, 6.07) is 9.35. The van der Waals surface area contributed by atoms with E-state index in [2.05, 4.69) is 0 Å². The number of halogens is 1. The molecular weight excluding hydrogens is 320 g/mol. The number of fused-ring (bicyclic) bond motifs is 1. The minimum Gasteiger partial charge on any atom is -0.291 e. The van der Waals surface area contributed by atoms with Crippen molar-refractivity contribution in [3.8, 4) is 0 Å². The number of carbonyl (C=O) groups is 2. The number of hydrogen-bond donors (Lipinski definition) is 0. The van der Waals surface area contributed by atoms with Gasteiger partial charge in [-0.15, -0.1) is 11.3 Å². The highest BCUT2D eigenvalue weighted by molar-refractivity contribution is 7.16. The van der Waals surface area contributed by atoms with Gasteiger partial charge in [0.2, 0.25) is 0 Å². The third-order valence-corrected chi connectivity index (χ3v) is 4.78. The molecule has 0 spiro atoms. The maximum Gasteiger partial charge on any atom is 0.300 e. The summed E-state index contributed by atoms with van der Waals surface area (Å²) in [4.78, 5) is 28.9. The Bertz CT molecular complexity index is 756. The second-order valence-electron chi connectivity index (χ2n) is 5.44. The molecule has 1 aromatic carbocycles. The van der Waals surface area contributed by atoms with Crippen LogP contribution in [-0.4, -0.2) is 30.3 Å². The van der Waals surface area contributed by atoms with Crippen molar-refractivity contribution >= 4 is 40.3 Å². The van der Waals surface area contributed by atoms with Gasteiger partial charge in [-0.05, 0) is 38.2 Å². The van der Waals surface area contributed by atoms with Crippen LogP contribution in [0.15, 0.2) is 30.3 Å². The smallest absolute Gasteiger partial charge is 0.291 e. The number of aryl methyl sites for hydroxylation is 1. The average Bonchev–Trinajstić information content (AvgIpc) is 2.96. The van der Waals surface area contributed by atoms with E-state index in [1.807, 2.05) is 43.1 Å². The molecule has 0 radical (unpaired) electrons. The van der Waals surface area contributed by atoms with Crippen LogP contribution in [0.2, 0.25) is 4.34 Å². The first-order valence-corrected chi connectivity index (χ1v) is 8.05. The quantitative estimate of drug-likeness (QED) is 0.805. The SMILES string of the molecule is Cc1ccc2c(c1)C(=O)C(=O)N2CN(C)Cc1ccc(Cl)s1. The second-order valence-corrected chi connectivity index (χ2v) is 7.24. The zero-order chi connectivity index (χ0) is 15.9. The number of thiophene rings is 1. The van der Waals surface area contributed by atoms with Gasteiger partial charge in [0.1, 0.15) is 0 Å². The molecule has 2 heterocycles. The van der Waals surface area contributed by atoms with Crippen molar-refractivity contribution in [2.45, 2.75) is 13.5 Å². The van der Waals surface area contributed by atoms with Crippen LogP contribution in [0.5, 0.6) is 0 Å². The Labute approximate surface area is 137 Å². The number of nitrogens with zero attached hydrogens (tertiary/aromatic N) is 2. The molecular formula is C16H15ClN2O2S. The Kier molecular flexibility index (Phi) is 4.04. The van der Waals surface area contributed by atoms with Gasteiger partial charge in [-0.25, -0.2) is 0 Å². The molecule has 0 saturated heterocycles. The molecule has 1 aliphatic heterocycles. The molecule has 0 unspecified atom stereocenters. The lowest BCUT2D eigenvalue weighted by Crippen LogP contribution is -2.38. The molecule has 1 aromatic heterocycles. The van der Waals surface area contributed by atoms with Crippen LogP contribution < -0.4 is 4.90 Å². The zero-order valence-electron chi connectivity index (χ0n) is 12.3. The Morgan fingerprint density at radius 2 is 2.00 bits per heavy atom. The van der Waals surface area contributed by atoms with Gasteiger partial charge in [0.15, 0.2) is 0 Å². The first-order chi connectivity index (χ1) is 10.5. The van der Waals surface area contributed by atoms with Crippen LogP contribution in [0.4, 0.5) is 5.69 Å². The zero-order valence-corrected chi connectivity index (χ0v) is 13.9. The fourth-order valence-corrected chi connectivity index (χ4v) is 3.72. The number of benzene rings is 1. The van der Waals surface area contributed by atoms with Gasteiger partial charge < -0.3 is 0 Å². The highest BCUT2D eigenvalue weighted by Gasteiger charge is 2.36. The maximum atomic E-state index is 12.2. The lowest BCUT2D eigenvalue weighted by molar-refractivity contribution is -0.114. The molecule has 1 amide bonds. The predicted molar refractivity (Wildman–Crippen MR) is 88.7 cm³/mol. The van der Waals surface area contributed by atoms with Gasteiger partial charge in [-0.2, -0.15) is 0 Å². The lowest BCUT2D eigenvalue weighted by Gasteiger charge is -2.24. The molecule has 0 atom stereocenters. The summed E-state index contributed by atoms with van der Waals surface area (Å²) >= 11 is 7.45. The number of hydrogen-bond acceptors (Lipinski definition) is 4. The van der Waals surface area contributed by atoms with E-state index in [0.29, 0.717) is 24.5 Å². The molecule has 0 saturated carbocycles. The Morgan fingerprint density at radius 3 is 2.68 bits per heavy atom. The first-order valence-electron chi connectivity index (χ1n) is 6.85. The van der Waals surface area contributed by atoms with E-state index in [1.165, 1.54) is 16.2 Å². The summed E-state index contributed by atoms with van der Waals surface area (Å²) in [5.41, 5.74) is 2.16. The average molecular weight is 335 g/mol. The van der Waals surface area contributed by atoms with Gasteiger partial charge in [0, 0.05) is 11.4 Å². The molecule has 0 bridgehead atoms. The van der Waals surface area contributed by atoms with Crippen molar-refractivity contribution in [2.75, 3.05) is 18.6 Å². The Morgan fingerprint density at radius 1 is 1.23 bits per heavy atom. The molecule has 3 rings (SSSR count). The minimum atomic E-state index is -0.461. The number of anilines is 1. The third kappa shape index (κ3) is 2.79. The minimum absolute atomic E-state index is 0.371. The number of ketones is 1. The highest BCUT2D eigenvalue weighted by atomic mass is 35.5. The van der Waals surface area contributed by atoms with Gasteiger partial charge in [-0.3, -0.25) is 19.4 Å². The third-order valence-electron chi connectivity index (χ3n) is 3.56. The van der Waals surface area contributed by atoms with Gasteiger partial charge >= 0.3 is 5.91 Å². The monoisotopic (exact) mass is 334 g/mol. The van der Waals surface area contributed by atoms with Crippen LogP contribution in [0.3, 0.4) is 0 Å². The van der Waals surface area contributed by atoms with Crippen LogP contribution in [0.25, 0.3) is 0 Å². The van der Waals surface area contributed by atoms with Crippen molar-refractivity contribution in [1.29, 1.82) is 0 Å². The summed E-state index contributed by atoms with van der Waals surface area (Å²) in [5, 5.41) is 0. The van der Waals surface area contributed by atoms with Crippen LogP contribution in [0.1, 0.15) is 20.8 Å². The van der Waals surface area contributed by atoms with Crippen LogP contribution >= 0.6 is 22.9 Å². The molecule has 6 heteroatoms. The molecule has 114 valence electrons. The first kappa shape index (κ1) is 15.2. The summed E-state index contributed by atoms with van der Waals surface area (Å²) in [6.07, 6.45) is 0. The maximum absolute atomic E-state index is 12.2. The summed E-state index contributed by atoms with van der Waals surface area (Å²) < 4.78 is 0.747. The number of carbonyl (C=O) groups excluding carboxylic acids is 2. The van der Waals surface area contributed by atoms with E-state index in [4.69, 9.17) is 11.6 Å². The Balaban J connectivity index is 1.78. The number of Topliss-reactive ketones (excluding diaryl/α,β-unsaturated/α-hetero) is 1. The van der Waals surface area contributed by atoms with Crippen molar-refractivity contribution in [2.24, 2.45) is 0 Å².